The van der Waals surface area contributed by atoms with Crippen LogP contribution in [0.25, 0.3) is 0 Å². The Kier molecular flexibility index (Phi) is 9.56. The molecule has 1 aromatic heterocycles. The van der Waals surface area contributed by atoms with Crippen molar-refractivity contribution in [2.45, 2.75) is 78.0 Å². The largest absolute Gasteiger partial charge is 0.458 e. The van der Waals surface area contributed by atoms with Crippen LogP contribution in [0, 0.1) is 0 Å². The molecule has 0 unspecified atom stereocenters. The summed E-state index contributed by atoms with van der Waals surface area (Å²) in [5.41, 5.74) is -0.561. The third-order valence-electron chi connectivity index (χ3n) is 4.74. The molecule has 0 atom stereocenters. The van der Waals surface area contributed by atoms with Gasteiger partial charge in [-0.25, -0.2) is 9.78 Å². The highest BCUT2D eigenvalue weighted by Gasteiger charge is 2.56. The van der Waals surface area contributed by atoms with Crippen LogP contribution in [0.1, 0.15) is 62.3 Å². The zero-order chi connectivity index (χ0) is 24.8. The molecule has 1 aromatic rings. The van der Waals surface area contributed by atoms with Gasteiger partial charge in [-0.2, -0.15) is 0 Å². The van der Waals surface area contributed by atoms with Gasteiger partial charge in [0.15, 0.2) is 0 Å². The molecule has 0 aliphatic carbocycles. The Hall–Kier alpha value is -1.84. The topological polar surface area (TPSA) is 86.8 Å². The fraction of sp³-hybridized carbons (Fsp3) is 0.696. The normalized spacial score (nSPS) is 13.1. The third kappa shape index (κ3) is 8.25. The fourth-order valence-corrected chi connectivity index (χ4v) is 8.19. The number of nitrogens with one attached hydrogen (secondary N) is 1. The van der Waals surface area contributed by atoms with Gasteiger partial charge >= 0.3 is 5.97 Å². The number of hydrogen-bond acceptors (Lipinski definition) is 6. The second-order valence-corrected chi connectivity index (χ2v) is 15.7. The summed E-state index contributed by atoms with van der Waals surface area (Å²) in [5.74, 6) is -0.501. The molecule has 9 heteroatoms. The number of pyridine rings is 1. The Bertz CT molecular complexity index is 751. The number of hydrogen-bond donors (Lipinski definition) is 1. The number of nitrogens with zero attached hydrogens (tertiary/aromatic N) is 1. The van der Waals surface area contributed by atoms with Crippen molar-refractivity contribution in [3.05, 3.63) is 18.3 Å². The second kappa shape index (κ2) is 10.9. The average molecular weight is 471 g/mol. The lowest BCUT2D eigenvalue weighted by Crippen LogP contribution is -2.58. The lowest BCUT2D eigenvalue weighted by Gasteiger charge is -2.44. The van der Waals surface area contributed by atoms with Gasteiger partial charge in [-0.05, 0) is 42.1 Å². The van der Waals surface area contributed by atoms with E-state index in [1.807, 2.05) is 41.5 Å². The van der Waals surface area contributed by atoms with Crippen molar-refractivity contribution in [1.82, 2.24) is 4.98 Å². The smallest absolute Gasteiger partial charge is 0.332 e. The summed E-state index contributed by atoms with van der Waals surface area (Å²) < 4.78 is 31.8. The molecule has 0 radical (unpaired) electrons. The van der Waals surface area contributed by atoms with Crippen molar-refractivity contribution in [2.75, 3.05) is 31.7 Å². The quantitative estimate of drug-likeness (QED) is 0.253. The highest BCUT2D eigenvalue weighted by Crippen LogP contribution is 2.51. The van der Waals surface area contributed by atoms with Crippen LogP contribution in [0.2, 0.25) is 10.1 Å². The number of halogens is 1. The zero-order valence-corrected chi connectivity index (χ0v) is 21.9. The van der Waals surface area contributed by atoms with Crippen molar-refractivity contribution >= 4 is 31.3 Å². The predicted octanol–water partition coefficient (Wildman–Crippen LogP) is 4.12. The van der Waals surface area contributed by atoms with E-state index in [9.17, 15) is 9.59 Å². The van der Waals surface area contributed by atoms with E-state index in [0.29, 0.717) is 11.0 Å². The van der Waals surface area contributed by atoms with E-state index in [1.165, 1.54) is 6.20 Å². The van der Waals surface area contributed by atoms with Crippen LogP contribution in [-0.4, -0.2) is 57.3 Å². The summed E-state index contributed by atoms with van der Waals surface area (Å²) in [5, 5.41) is 2.24. The summed E-state index contributed by atoms with van der Waals surface area (Å²) in [6, 6.07) is 3.34. The van der Waals surface area contributed by atoms with Crippen LogP contribution >= 0.6 is 0 Å². The van der Waals surface area contributed by atoms with Gasteiger partial charge < -0.3 is 23.6 Å². The molecule has 32 heavy (non-hydrogen) atoms. The van der Waals surface area contributed by atoms with Crippen molar-refractivity contribution < 1.29 is 27.9 Å². The molecule has 7 nitrogen and oxygen atoms in total. The second-order valence-electron chi connectivity index (χ2n) is 10.8. The third-order valence-corrected chi connectivity index (χ3v) is 9.97. The van der Waals surface area contributed by atoms with Crippen molar-refractivity contribution in [2.24, 2.45) is 0 Å². The molecule has 0 aliphatic heterocycles. The summed E-state index contributed by atoms with van der Waals surface area (Å²) in [7, 11) is -3.39. The first-order valence-electron chi connectivity index (χ1n) is 10.8. The molecular weight excluding hydrogens is 431 g/mol. The number of anilines is 1. The maximum atomic E-state index is 16.3. The van der Waals surface area contributed by atoms with Crippen molar-refractivity contribution in [3.63, 3.8) is 0 Å². The Labute approximate surface area is 192 Å². The average Bonchev–Trinajstić information content (AvgIpc) is 2.61. The summed E-state index contributed by atoms with van der Waals surface area (Å²) in [4.78, 5) is 27.8. The lowest BCUT2D eigenvalue weighted by atomic mass is 10.2. The molecule has 182 valence electrons. The number of aromatic nitrogens is 1. The fourth-order valence-electron chi connectivity index (χ4n) is 3.65. The number of esters is 1. The van der Waals surface area contributed by atoms with E-state index in [4.69, 9.17) is 14.2 Å². The molecule has 1 amide bonds. The standard InChI is InChI=1S/C23H39FN2O5Si/c1-21(2,3)31-20(28)16-30-13-12-29-15-19(27)26-18-11-10-17(14-25-18)32(24,22(4,5)6)23(7,8)9/h10-11,14H,12-13,15-16H2,1-9H3,(H,25,26,27). The maximum absolute atomic E-state index is 16.3. The van der Waals surface area contributed by atoms with Gasteiger partial charge in [-0.1, -0.05) is 47.6 Å². The summed E-state index contributed by atoms with van der Waals surface area (Å²) >= 11 is 0. The van der Waals surface area contributed by atoms with Crippen LogP contribution in [0.5, 0.6) is 0 Å². The number of rotatable bonds is 9. The molecule has 0 spiro atoms. The molecule has 0 aliphatic rings. The van der Waals surface area contributed by atoms with Gasteiger partial charge in [-0.3, -0.25) is 4.79 Å². The Morgan fingerprint density at radius 2 is 1.47 bits per heavy atom. The number of amides is 1. The molecular formula is C23H39FN2O5Si. The highest BCUT2D eigenvalue weighted by molar-refractivity contribution is 6.90. The van der Waals surface area contributed by atoms with Crippen LogP contribution in [0.15, 0.2) is 18.3 Å². The molecule has 1 rings (SSSR count). The first-order chi connectivity index (χ1) is 14.5. The van der Waals surface area contributed by atoms with Crippen LogP contribution in [-0.2, 0) is 23.8 Å². The van der Waals surface area contributed by atoms with E-state index in [1.54, 1.807) is 32.9 Å². The summed E-state index contributed by atoms with van der Waals surface area (Å²) in [6.07, 6.45) is 1.53. The predicted molar refractivity (Wildman–Crippen MR) is 126 cm³/mol. The van der Waals surface area contributed by atoms with Gasteiger partial charge in [0.1, 0.15) is 24.6 Å². The van der Waals surface area contributed by atoms with Gasteiger partial charge in [0, 0.05) is 6.20 Å². The van der Waals surface area contributed by atoms with E-state index in [2.05, 4.69) is 10.3 Å². The molecule has 1 heterocycles. The molecule has 0 saturated carbocycles. The van der Waals surface area contributed by atoms with Gasteiger partial charge in [0.2, 0.25) is 0 Å². The monoisotopic (exact) mass is 470 g/mol. The molecule has 0 fully saturated rings. The molecule has 0 saturated heterocycles. The number of carbonyl (C=O) groups is 2. The van der Waals surface area contributed by atoms with Gasteiger partial charge in [-0.15, -0.1) is 0 Å². The zero-order valence-electron chi connectivity index (χ0n) is 20.9. The molecule has 0 bridgehead atoms. The van der Waals surface area contributed by atoms with Gasteiger partial charge in [0.05, 0.1) is 13.2 Å². The minimum absolute atomic E-state index is 0.149. The van der Waals surface area contributed by atoms with Crippen molar-refractivity contribution in [1.29, 1.82) is 0 Å². The first-order valence-corrected chi connectivity index (χ1v) is 12.7. The van der Waals surface area contributed by atoms with E-state index in [0.717, 1.165) is 0 Å². The number of ether oxygens (including phenoxy) is 3. The number of carbonyl (C=O) groups excluding carboxylic acids is 2. The SMILES string of the molecule is CC(C)(C)OC(=O)COCCOCC(=O)Nc1ccc([Si](F)(C(C)(C)C)C(C)(C)C)cn1. The van der Waals surface area contributed by atoms with E-state index in [-0.39, 0.29) is 32.3 Å². The first kappa shape index (κ1) is 28.2. The van der Waals surface area contributed by atoms with Crippen LogP contribution < -0.4 is 10.5 Å². The Morgan fingerprint density at radius 3 is 1.91 bits per heavy atom. The van der Waals surface area contributed by atoms with Crippen LogP contribution in [0.4, 0.5) is 9.93 Å². The van der Waals surface area contributed by atoms with Crippen LogP contribution in [0.3, 0.4) is 0 Å². The molecule has 0 aromatic carbocycles. The Balaban J connectivity index is 2.49. The maximum Gasteiger partial charge on any atom is 0.332 e. The molecule has 1 N–H and O–H groups in total. The minimum atomic E-state index is -3.39. The van der Waals surface area contributed by atoms with E-state index < -0.39 is 30.1 Å². The van der Waals surface area contributed by atoms with Crippen molar-refractivity contribution in [3.8, 4) is 0 Å². The minimum Gasteiger partial charge on any atom is -0.458 e. The highest BCUT2D eigenvalue weighted by atomic mass is 28.4. The lowest BCUT2D eigenvalue weighted by molar-refractivity contribution is -0.160. The van der Waals surface area contributed by atoms with Gasteiger partial charge in [0.25, 0.3) is 14.3 Å². The van der Waals surface area contributed by atoms with E-state index >= 15 is 4.11 Å². The summed E-state index contributed by atoms with van der Waals surface area (Å²) in [6.45, 7) is 16.8. The Morgan fingerprint density at radius 1 is 0.938 bits per heavy atom.